The Bertz CT molecular complexity index is 223. The lowest BCUT2D eigenvalue weighted by Crippen LogP contribution is -2.47. The topological polar surface area (TPSA) is 27.7 Å². The molecule has 0 aromatic heterocycles. The molecule has 14 heavy (non-hydrogen) atoms. The molecule has 2 aliphatic rings. The van der Waals surface area contributed by atoms with Crippen molar-refractivity contribution in [1.29, 1.82) is 0 Å². The molecule has 1 aliphatic carbocycles. The van der Waals surface area contributed by atoms with E-state index in [2.05, 4.69) is 6.92 Å². The summed E-state index contributed by atoms with van der Waals surface area (Å²) >= 11 is 0. The average molecular weight is 196 g/mol. The number of fused-ring (bicyclic) bond motifs is 2. The van der Waals surface area contributed by atoms with E-state index in [9.17, 15) is 0 Å². The summed E-state index contributed by atoms with van der Waals surface area (Å²) in [7, 11) is 9.32. The van der Waals surface area contributed by atoms with Gasteiger partial charge in [-0.1, -0.05) is 6.92 Å². The lowest BCUT2D eigenvalue weighted by Gasteiger charge is -2.36. The molecular weight excluding hydrogens is 179 g/mol. The SMILES string of the molecule is [B]C1O[C@@]2(COC)C(OC)C1C[C@H]2C. The van der Waals surface area contributed by atoms with Gasteiger partial charge in [0.05, 0.1) is 12.7 Å². The smallest absolute Gasteiger partial charge is 0.120 e. The molecule has 1 aliphatic heterocycles. The number of hydrogen-bond acceptors (Lipinski definition) is 3. The van der Waals surface area contributed by atoms with Crippen LogP contribution >= 0.6 is 0 Å². The van der Waals surface area contributed by atoms with E-state index >= 15 is 0 Å². The van der Waals surface area contributed by atoms with Crippen LogP contribution in [0.15, 0.2) is 0 Å². The van der Waals surface area contributed by atoms with Crippen LogP contribution in [0.5, 0.6) is 0 Å². The molecule has 2 radical (unpaired) electrons. The van der Waals surface area contributed by atoms with Crippen LogP contribution in [0.3, 0.4) is 0 Å². The van der Waals surface area contributed by atoms with Crippen LogP contribution in [0.4, 0.5) is 0 Å². The first-order valence-corrected chi connectivity index (χ1v) is 5.11. The predicted octanol–water partition coefficient (Wildman–Crippen LogP) is 0.567. The summed E-state index contributed by atoms with van der Waals surface area (Å²) in [4.78, 5) is 0. The van der Waals surface area contributed by atoms with Gasteiger partial charge in [-0.25, -0.2) is 0 Å². The largest absolute Gasteiger partial charge is 0.382 e. The van der Waals surface area contributed by atoms with Crippen LogP contribution in [0, 0.1) is 11.8 Å². The minimum atomic E-state index is -0.312. The molecule has 78 valence electrons. The third-order valence-corrected chi connectivity index (χ3v) is 3.73. The maximum Gasteiger partial charge on any atom is 0.120 e. The second kappa shape index (κ2) is 3.51. The third-order valence-electron chi connectivity index (χ3n) is 3.73. The molecular formula is C10H17BO3. The van der Waals surface area contributed by atoms with Gasteiger partial charge >= 0.3 is 0 Å². The average Bonchev–Trinajstić information content (AvgIpc) is 2.54. The first-order valence-electron chi connectivity index (χ1n) is 5.11. The van der Waals surface area contributed by atoms with Crippen LogP contribution in [-0.2, 0) is 14.2 Å². The quantitative estimate of drug-likeness (QED) is 0.617. The van der Waals surface area contributed by atoms with Gasteiger partial charge in [-0.2, -0.15) is 0 Å². The van der Waals surface area contributed by atoms with Crippen molar-refractivity contribution in [1.82, 2.24) is 0 Å². The second-order valence-corrected chi connectivity index (χ2v) is 4.43. The molecule has 0 aromatic carbocycles. The maximum absolute atomic E-state index is 5.91. The zero-order valence-electron chi connectivity index (χ0n) is 9.03. The molecule has 0 N–H and O–H groups in total. The summed E-state index contributed by atoms with van der Waals surface area (Å²) in [6.45, 7) is 2.74. The van der Waals surface area contributed by atoms with Gasteiger partial charge in [-0.15, -0.1) is 0 Å². The number of ether oxygens (including phenoxy) is 3. The van der Waals surface area contributed by atoms with Crippen molar-refractivity contribution >= 4 is 7.85 Å². The summed E-state index contributed by atoms with van der Waals surface area (Å²) < 4.78 is 16.6. The third kappa shape index (κ3) is 1.17. The molecule has 3 nitrogen and oxygen atoms in total. The van der Waals surface area contributed by atoms with E-state index in [0.717, 1.165) is 6.42 Å². The van der Waals surface area contributed by atoms with E-state index in [1.165, 1.54) is 0 Å². The van der Waals surface area contributed by atoms with Gasteiger partial charge in [0.25, 0.3) is 0 Å². The van der Waals surface area contributed by atoms with Gasteiger partial charge < -0.3 is 14.2 Å². The van der Waals surface area contributed by atoms with Gasteiger partial charge in [-0.3, -0.25) is 0 Å². The minimum Gasteiger partial charge on any atom is -0.382 e. The molecule has 1 heterocycles. The Morgan fingerprint density at radius 1 is 1.50 bits per heavy atom. The molecule has 2 rings (SSSR count). The summed E-state index contributed by atoms with van der Waals surface area (Å²) in [5.41, 5.74) is -0.312. The maximum atomic E-state index is 5.91. The fourth-order valence-corrected chi connectivity index (χ4v) is 3.06. The molecule has 5 atom stereocenters. The number of rotatable bonds is 3. The van der Waals surface area contributed by atoms with E-state index in [-0.39, 0.29) is 17.7 Å². The van der Waals surface area contributed by atoms with Crippen LogP contribution in [0.25, 0.3) is 0 Å². The second-order valence-electron chi connectivity index (χ2n) is 4.43. The molecule has 3 unspecified atom stereocenters. The molecule has 4 heteroatoms. The van der Waals surface area contributed by atoms with E-state index in [1.54, 1.807) is 14.2 Å². The van der Waals surface area contributed by atoms with Gasteiger partial charge in [0.15, 0.2) is 0 Å². The Hall–Kier alpha value is -0.0551. The Labute approximate surface area is 86.5 Å². The van der Waals surface area contributed by atoms with Crippen molar-refractivity contribution < 1.29 is 14.2 Å². The van der Waals surface area contributed by atoms with Gasteiger partial charge in [0, 0.05) is 26.1 Å². The fraction of sp³-hybridized carbons (Fsp3) is 1.00. The Balaban J connectivity index is 2.25. The van der Waals surface area contributed by atoms with Crippen LogP contribution in [0.2, 0.25) is 0 Å². The fourth-order valence-electron chi connectivity index (χ4n) is 3.06. The van der Waals surface area contributed by atoms with Crippen molar-refractivity contribution in [3.05, 3.63) is 0 Å². The monoisotopic (exact) mass is 196 g/mol. The van der Waals surface area contributed by atoms with Crippen molar-refractivity contribution in [2.24, 2.45) is 11.8 Å². The van der Waals surface area contributed by atoms with E-state index in [1.807, 2.05) is 0 Å². The summed E-state index contributed by atoms with van der Waals surface area (Å²) in [6.07, 6.45) is 1.16. The van der Waals surface area contributed by atoms with Crippen molar-refractivity contribution in [2.45, 2.75) is 31.1 Å². The predicted molar refractivity (Wildman–Crippen MR) is 53.3 cm³/mol. The van der Waals surface area contributed by atoms with Gasteiger partial charge in [-0.05, 0) is 12.3 Å². The Morgan fingerprint density at radius 3 is 2.79 bits per heavy atom. The lowest BCUT2D eigenvalue weighted by atomic mass is 9.84. The normalized spacial score (nSPS) is 51.4. The molecule has 1 saturated heterocycles. The Kier molecular flexibility index (Phi) is 2.62. The lowest BCUT2D eigenvalue weighted by molar-refractivity contribution is -0.139. The van der Waals surface area contributed by atoms with Crippen LogP contribution in [-0.4, -0.2) is 46.4 Å². The molecule has 2 fully saturated rings. The molecule has 0 aromatic rings. The van der Waals surface area contributed by atoms with Crippen molar-refractivity contribution in [2.75, 3.05) is 20.8 Å². The van der Waals surface area contributed by atoms with E-state index in [4.69, 9.17) is 22.1 Å². The highest BCUT2D eigenvalue weighted by Gasteiger charge is 2.62. The van der Waals surface area contributed by atoms with E-state index in [0.29, 0.717) is 18.4 Å². The van der Waals surface area contributed by atoms with E-state index < -0.39 is 0 Å². The number of hydrogen-bond donors (Lipinski definition) is 0. The standard InChI is InChI=1S/C10H17BO3/c1-6-4-7-8(13-3)10(6,5-12-2)14-9(7)11/h6-9H,4-5H2,1-3H3/t6-,7?,8?,9?,10-/m1/s1. The van der Waals surface area contributed by atoms with Gasteiger partial charge in [0.2, 0.25) is 0 Å². The Morgan fingerprint density at radius 2 is 2.21 bits per heavy atom. The summed E-state index contributed by atoms with van der Waals surface area (Å²) in [6, 6.07) is -0.189. The highest BCUT2D eigenvalue weighted by Crippen LogP contribution is 2.52. The molecule has 0 spiro atoms. The first kappa shape index (κ1) is 10.5. The zero-order valence-corrected chi connectivity index (χ0v) is 9.03. The minimum absolute atomic E-state index is 0.0902. The molecule has 1 saturated carbocycles. The highest BCUT2D eigenvalue weighted by molar-refractivity contribution is 6.11. The first-order chi connectivity index (χ1) is 6.65. The van der Waals surface area contributed by atoms with Crippen LogP contribution in [0.1, 0.15) is 13.3 Å². The highest BCUT2D eigenvalue weighted by atomic mass is 16.6. The van der Waals surface area contributed by atoms with Crippen LogP contribution < -0.4 is 0 Å². The summed E-state index contributed by atoms with van der Waals surface area (Å²) in [5, 5.41) is 0. The number of methoxy groups -OCH3 is 2. The molecule has 0 amide bonds. The van der Waals surface area contributed by atoms with Gasteiger partial charge in [0.1, 0.15) is 13.4 Å². The summed E-state index contributed by atoms with van der Waals surface area (Å²) in [5.74, 6) is 0.780. The van der Waals surface area contributed by atoms with Crippen molar-refractivity contribution in [3.63, 3.8) is 0 Å². The zero-order chi connectivity index (χ0) is 10.3. The molecule has 2 bridgehead atoms. The van der Waals surface area contributed by atoms with Crippen molar-refractivity contribution in [3.8, 4) is 0 Å².